The van der Waals surface area contributed by atoms with Crippen LogP contribution in [0.1, 0.15) is 33.6 Å². The zero-order valence-corrected chi connectivity index (χ0v) is 11.4. The normalized spacial score (nSPS) is 31.0. The minimum Gasteiger partial charge on any atom is -0.461 e. The minimum atomic E-state index is -1.14. The average Bonchev–Trinajstić information content (AvgIpc) is 2.57. The van der Waals surface area contributed by atoms with E-state index in [1.165, 1.54) is 0 Å². The number of ketones is 2. The molecule has 0 fully saturated rings. The first kappa shape index (κ1) is 13.6. The Morgan fingerprint density at radius 3 is 2.79 bits per heavy atom. The van der Waals surface area contributed by atoms with Crippen molar-refractivity contribution < 1.29 is 19.1 Å². The topological polar surface area (TPSA) is 52.6 Å². The number of hydrogen-bond donors (Lipinski definition) is 0. The third-order valence-electron chi connectivity index (χ3n) is 3.14. The summed E-state index contributed by atoms with van der Waals surface area (Å²) < 4.78 is 11.0. The van der Waals surface area contributed by atoms with Crippen molar-refractivity contribution in [2.24, 2.45) is 0 Å². The monoisotopic (exact) mass is 262 g/mol. The molecule has 0 aliphatic carbocycles. The van der Waals surface area contributed by atoms with Gasteiger partial charge in [-0.25, -0.2) is 0 Å². The van der Waals surface area contributed by atoms with E-state index in [4.69, 9.17) is 9.47 Å². The molecule has 0 saturated heterocycles. The molecule has 4 nitrogen and oxygen atoms in total. The molecule has 0 spiro atoms. The summed E-state index contributed by atoms with van der Waals surface area (Å²) in [5.41, 5.74) is -1.06. The van der Waals surface area contributed by atoms with E-state index in [-0.39, 0.29) is 35.6 Å². The smallest absolute Gasteiger partial charge is 0.295 e. The van der Waals surface area contributed by atoms with Gasteiger partial charge in [0.15, 0.2) is 11.4 Å². The highest BCUT2D eigenvalue weighted by Crippen LogP contribution is 2.37. The summed E-state index contributed by atoms with van der Waals surface area (Å²) in [6, 6.07) is 0. The van der Waals surface area contributed by atoms with Crippen LogP contribution >= 0.6 is 0 Å². The van der Waals surface area contributed by atoms with Gasteiger partial charge in [-0.3, -0.25) is 9.59 Å². The number of hydrogen-bond acceptors (Lipinski definition) is 4. The van der Waals surface area contributed by atoms with E-state index < -0.39 is 5.60 Å². The number of ether oxygens (including phenoxy) is 2. The lowest BCUT2D eigenvalue weighted by atomic mass is 9.92. The molecule has 2 aliphatic heterocycles. The number of rotatable bonds is 3. The molecule has 0 bridgehead atoms. The fraction of sp³-hybridized carbons (Fsp3) is 0.467. The van der Waals surface area contributed by atoms with E-state index >= 15 is 0 Å². The maximum Gasteiger partial charge on any atom is 0.295 e. The Kier molecular flexibility index (Phi) is 3.60. The molecule has 0 amide bonds. The van der Waals surface area contributed by atoms with Crippen molar-refractivity contribution in [2.75, 3.05) is 0 Å². The molecule has 0 saturated carbocycles. The Morgan fingerprint density at radius 1 is 1.37 bits per heavy atom. The van der Waals surface area contributed by atoms with Gasteiger partial charge in [-0.15, -0.1) is 0 Å². The Balaban J connectivity index is 2.22. The van der Waals surface area contributed by atoms with Crippen LogP contribution in [0.15, 0.2) is 35.8 Å². The van der Waals surface area contributed by atoms with Crippen LogP contribution in [0, 0.1) is 0 Å². The van der Waals surface area contributed by atoms with E-state index in [2.05, 4.69) is 0 Å². The summed E-state index contributed by atoms with van der Waals surface area (Å²) >= 11 is 0. The van der Waals surface area contributed by atoms with Gasteiger partial charge >= 0.3 is 0 Å². The van der Waals surface area contributed by atoms with Crippen molar-refractivity contribution in [1.82, 2.24) is 0 Å². The van der Waals surface area contributed by atoms with Crippen LogP contribution in [0.4, 0.5) is 0 Å². The number of Topliss-reactive ketones (excluding diaryl/α,β-unsaturated/α-hetero) is 2. The summed E-state index contributed by atoms with van der Waals surface area (Å²) in [7, 11) is 0. The molecule has 0 aromatic carbocycles. The Morgan fingerprint density at radius 2 is 2.11 bits per heavy atom. The second kappa shape index (κ2) is 5.03. The molecule has 0 unspecified atom stereocenters. The molecule has 0 aromatic rings. The summed E-state index contributed by atoms with van der Waals surface area (Å²) in [5, 5.41) is 0. The van der Waals surface area contributed by atoms with Crippen LogP contribution in [0.25, 0.3) is 0 Å². The predicted octanol–water partition coefficient (Wildman–Crippen LogP) is 2.46. The molecule has 4 heteroatoms. The molecular weight excluding hydrogens is 244 g/mol. The van der Waals surface area contributed by atoms with Gasteiger partial charge in [0.2, 0.25) is 5.78 Å². The first-order valence-electron chi connectivity index (χ1n) is 6.50. The lowest BCUT2D eigenvalue weighted by molar-refractivity contribution is -0.128. The molecule has 2 aliphatic rings. The first-order valence-corrected chi connectivity index (χ1v) is 6.50. The molecule has 2 atom stereocenters. The second-order valence-corrected chi connectivity index (χ2v) is 4.95. The molecule has 102 valence electrons. The van der Waals surface area contributed by atoms with Crippen LogP contribution in [0.3, 0.4) is 0 Å². The highest BCUT2D eigenvalue weighted by atomic mass is 16.7. The van der Waals surface area contributed by atoms with Gasteiger partial charge in [0, 0.05) is 6.42 Å². The number of allylic oxidation sites excluding steroid dienone is 3. The van der Waals surface area contributed by atoms with E-state index in [0.717, 1.165) is 6.42 Å². The third kappa shape index (κ3) is 2.48. The third-order valence-corrected chi connectivity index (χ3v) is 3.14. The maximum absolute atomic E-state index is 12.3. The van der Waals surface area contributed by atoms with Crippen LogP contribution in [0.5, 0.6) is 0 Å². The van der Waals surface area contributed by atoms with Crippen molar-refractivity contribution in [3.63, 3.8) is 0 Å². The fourth-order valence-corrected chi connectivity index (χ4v) is 2.11. The zero-order chi connectivity index (χ0) is 14.0. The molecule has 0 N–H and O–H groups in total. The summed E-state index contributed by atoms with van der Waals surface area (Å²) in [5.74, 6) is -0.430. The van der Waals surface area contributed by atoms with Gasteiger partial charge < -0.3 is 9.47 Å². The van der Waals surface area contributed by atoms with Crippen LogP contribution in [-0.4, -0.2) is 23.3 Å². The van der Waals surface area contributed by atoms with Gasteiger partial charge in [-0.2, -0.15) is 0 Å². The van der Waals surface area contributed by atoms with Crippen molar-refractivity contribution in [3.05, 3.63) is 35.8 Å². The van der Waals surface area contributed by atoms with Crippen LogP contribution in [-0.2, 0) is 19.1 Å². The van der Waals surface area contributed by atoms with E-state index in [1.54, 1.807) is 26.0 Å². The molecular formula is C15H18O4. The van der Waals surface area contributed by atoms with Gasteiger partial charge in [0.25, 0.3) is 5.95 Å². The Labute approximate surface area is 112 Å². The SMILES string of the molecule is CC/C=C/C=C/[C@]1(C)OC2=C(C(=O)C[C@H](C)O2)C1=O. The van der Waals surface area contributed by atoms with Gasteiger partial charge in [-0.1, -0.05) is 25.2 Å². The van der Waals surface area contributed by atoms with Crippen LogP contribution < -0.4 is 0 Å². The Bertz CT molecular complexity index is 498. The largest absolute Gasteiger partial charge is 0.461 e. The summed E-state index contributed by atoms with van der Waals surface area (Å²) in [4.78, 5) is 24.2. The minimum absolute atomic E-state index is 0.0738. The lowest BCUT2D eigenvalue weighted by Crippen LogP contribution is -2.32. The standard InChI is InChI=1S/C15H18O4/c1-4-5-6-7-8-15(3)13(17)12-11(16)9-10(2)18-14(12)19-15/h5-8,10H,4,9H2,1-3H3/b6-5+,8-7+/t10-,15-/m0/s1. The molecule has 2 heterocycles. The van der Waals surface area contributed by atoms with Crippen molar-refractivity contribution >= 4 is 11.6 Å². The maximum atomic E-state index is 12.3. The molecule has 0 radical (unpaired) electrons. The highest BCUT2D eigenvalue weighted by molar-refractivity contribution is 6.25. The van der Waals surface area contributed by atoms with E-state index in [1.807, 2.05) is 19.1 Å². The van der Waals surface area contributed by atoms with E-state index in [0.29, 0.717) is 0 Å². The van der Waals surface area contributed by atoms with Crippen molar-refractivity contribution in [3.8, 4) is 0 Å². The number of carbonyl (C=O) groups excluding carboxylic acids is 2. The zero-order valence-electron chi connectivity index (χ0n) is 11.4. The summed E-state index contributed by atoms with van der Waals surface area (Å²) in [6.45, 7) is 5.45. The molecule has 19 heavy (non-hydrogen) atoms. The molecule has 2 rings (SSSR count). The van der Waals surface area contributed by atoms with Gasteiger partial charge in [-0.05, 0) is 26.3 Å². The highest BCUT2D eigenvalue weighted by Gasteiger charge is 2.50. The van der Waals surface area contributed by atoms with Crippen LogP contribution in [0.2, 0.25) is 0 Å². The Hall–Kier alpha value is -1.84. The lowest BCUT2D eigenvalue weighted by Gasteiger charge is -2.21. The van der Waals surface area contributed by atoms with Gasteiger partial charge in [0.1, 0.15) is 11.7 Å². The fourth-order valence-electron chi connectivity index (χ4n) is 2.11. The number of carbonyl (C=O) groups is 2. The predicted molar refractivity (Wildman–Crippen MR) is 70.3 cm³/mol. The summed E-state index contributed by atoms with van der Waals surface area (Å²) in [6.07, 6.45) is 8.13. The van der Waals surface area contributed by atoms with Crippen molar-refractivity contribution in [2.45, 2.75) is 45.3 Å². The first-order chi connectivity index (χ1) is 8.98. The van der Waals surface area contributed by atoms with Crippen molar-refractivity contribution in [1.29, 1.82) is 0 Å². The molecule has 0 aromatic heterocycles. The average molecular weight is 262 g/mol. The van der Waals surface area contributed by atoms with Gasteiger partial charge in [0.05, 0.1) is 0 Å². The van der Waals surface area contributed by atoms with E-state index in [9.17, 15) is 9.59 Å². The second-order valence-electron chi connectivity index (χ2n) is 4.95. The quantitative estimate of drug-likeness (QED) is 0.579.